The quantitative estimate of drug-likeness (QED) is 0.766. The third kappa shape index (κ3) is 4.34. The molecule has 3 rings (SSSR count). The number of aryl methyl sites for hydroxylation is 2. The lowest BCUT2D eigenvalue weighted by Gasteiger charge is -2.27. The Morgan fingerprint density at radius 3 is 2.70 bits per heavy atom. The smallest absolute Gasteiger partial charge is 0.240 e. The molecule has 0 amide bonds. The highest BCUT2D eigenvalue weighted by molar-refractivity contribution is 7.89. The number of benzene rings is 1. The molecule has 5 heteroatoms. The maximum absolute atomic E-state index is 12.4. The van der Waals surface area contributed by atoms with E-state index in [2.05, 4.69) is 11.6 Å². The topological polar surface area (TPSA) is 50.6 Å². The zero-order valence-corrected chi connectivity index (χ0v) is 14.9. The van der Waals surface area contributed by atoms with Crippen LogP contribution >= 0.6 is 0 Å². The van der Waals surface area contributed by atoms with E-state index in [1.165, 1.54) is 37.1 Å². The fourth-order valence-corrected chi connectivity index (χ4v) is 4.89. The van der Waals surface area contributed by atoms with Gasteiger partial charge >= 0.3 is 0 Å². The van der Waals surface area contributed by atoms with Crippen LogP contribution in [0, 0.1) is 5.92 Å². The first-order valence-electron chi connectivity index (χ1n) is 8.99. The number of likely N-dealkylation sites (tertiary alicyclic amines) is 1. The SMILES string of the molecule is CC1CC[NH+](CCCNS(=O)(=O)c2ccc3c(c2)CCC3)CC1. The number of quaternary nitrogens is 1. The summed E-state index contributed by atoms with van der Waals surface area (Å²) in [6, 6.07) is 5.60. The summed E-state index contributed by atoms with van der Waals surface area (Å²) < 4.78 is 27.6. The minimum absolute atomic E-state index is 0.428. The molecule has 4 nitrogen and oxygen atoms in total. The predicted octanol–water partition coefficient (Wildman–Crippen LogP) is 1.16. The zero-order valence-electron chi connectivity index (χ0n) is 14.1. The molecule has 2 N–H and O–H groups in total. The fraction of sp³-hybridized carbons (Fsp3) is 0.667. The second-order valence-electron chi connectivity index (χ2n) is 7.22. The van der Waals surface area contributed by atoms with Crippen molar-refractivity contribution < 1.29 is 13.3 Å². The van der Waals surface area contributed by atoms with Crippen LogP contribution in [0.15, 0.2) is 23.1 Å². The number of nitrogens with one attached hydrogen (secondary N) is 2. The van der Waals surface area contributed by atoms with Gasteiger partial charge in [-0.3, -0.25) is 0 Å². The van der Waals surface area contributed by atoms with E-state index in [1.54, 1.807) is 11.0 Å². The first-order valence-corrected chi connectivity index (χ1v) is 10.5. The molecule has 1 fully saturated rings. The number of piperidine rings is 1. The van der Waals surface area contributed by atoms with Gasteiger partial charge < -0.3 is 4.90 Å². The normalized spacial score (nSPS) is 24.6. The number of hydrogen-bond acceptors (Lipinski definition) is 2. The Bertz CT molecular complexity index is 634. The van der Waals surface area contributed by atoms with Gasteiger partial charge in [0.15, 0.2) is 0 Å². The van der Waals surface area contributed by atoms with Gasteiger partial charge in [0.1, 0.15) is 0 Å². The molecule has 23 heavy (non-hydrogen) atoms. The molecular formula is C18H29N2O2S+. The summed E-state index contributed by atoms with van der Waals surface area (Å²) in [7, 11) is -3.35. The highest BCUT2D eigenvalue weighted by atomic mass is 32.2. The van der Waals surface area contributed by atoms with Gasteiger partial charge in [-0.1, -0.05) is 13.0 Å². The van der Waals surface area contributed by atoms with Crippen molar-refractivity contribution >= 4 is 10.0 Å². The van der Waals surface area contributed by atoms with Crippen LogP contribution in [0.5, 0.6) is 0 Å². The van der Waals surface area contributed by atoms with Crippen LogP contribution in [-0.2, 0) is 22.9 Å². The van der Waals surface area contributed by atoms with E-state index in [0.29, 0.717) is 11.4 Å². The van der Waals surface area contributed by atoms with Gasteiger partial charge in [0.05, 0.1) is 24.5 Å². The number of sulfonamides is 1. The van der Waals surface area contributed by atoms with Gasteiger partial charge in [-0.2, -0.15) is 0 Å². The van der Waals surface area contributed by atoms with Gasteiger partial charge in [0.25, 0.3) is 0 Å². The molecular weight excluding hydrogens is 308 g/mol. The lowest BCUT2D eigenvalue weighted by atomic mass is 9.99. The average molecular weight is 338 g/mol. The van der Waals surface area contributed by atoms with Crippen LogP contribution < -0.4 is 9.62 Å². The minimum atomic E-state index is -3.35. The standard InChI is InChI=1S/C18H28N2O2S/c1-15-8-12-20(13-9-15)11-3-10-19-23(21,22)18-7-6-16-4-2-5-17(16)14-18/h6-7,14-15,19H,2-5,8-13H2,1H3/p+1. The molecule has 1 aromatic carbocycles. The van der Waals surface area contributed by atoms with Crippen molar-refractivity contribution in [2.75, 3.05) is 26.2 Å². The molecule has 1 saturated heterocycles. The second-order valence-corrected chi connectivity index (χ2v) is 8.98. The Kier molecular flexibility index (Phi) is 5.39. The highest BCUT2D eigenvalue weighted by Gasteiger charge is 2.20. The first kappa shape index (κ1) is 16.9. The van der Waals surface area contributed by atoms with Crippen LogP contribution in [-0.4, -0.2) is 34.6 Å². The van der Waals surface area contributed by atoms with Crippen molar-refractivity contribution in [3.63, 3.8) is 0 Å². The van der Waals surface area contributed by atoms with Gasteiger partial charge in [-0.25, -0.2) is 13.1 Å². The summed E-state index contributed by atoms with van der Waals surface area (Å²) >= 11 is 0. The van der Waals surface area contributed by atoms with Crippen molar-refractivity contribution in [1.82, 2.24) is 4.72 Å². The molecule has 0 atom stereocenters. The van der Waals surface area contributed by atoms with E-state index in [4.69, 9.17) is 0 Å². The van der Waals surface area contributed by atoms with Crippen LogP contribution in [0.2, 0.25) is 0 Å². The van der Waals surface area contributed by atoms with Crippen molar-refractivity contribution in [2.45, 2.75) is 50.3 Å². The Morgan fingerprint density at radius 2 is 1.91 bits per heavy atom. The Labute approximate surface area is 140 Å². The molecule has 128 valence electrons. The van der Waals surface area contributed by atoms with E-state index in [1.807, 2.05) is 12.1 Å². The Hall–Kier alpha value is -0.910. The molecule has 1 heterocycles. The maximum Gasteiger partial charge on any atom is 0.240 e. The molecule has 1 aliphatic carbocycles. The van der Waals surface area contributed by atoms with E-state index in [0.717, 1.165) is 38.1 Å². The summed E-state index contributed by atoms with van der Waals surface area (Å²) in [6.07, 6.45) is 6.75. The van der Waals surface area contributed by atoms with Crippen LogP contribution in [0.25, 0.3) is 0 Å². The fourth-order valence-electron chi connectivity index (χ4n) is 3.76. The summed E-state index contributed by atoms with van der Waals surface area (Å²) in [4.78, 5) is 2.05. The summed E-state index contributed by atoms with van der Waals surface area (Å²) in [5, 5.41) is 0. The monoisotopic (exact) mass is 337 g/mol. The van der Waals surface area contributed by atoms with Crippen LogP contribution in [0.1, 0.15) is 43.7 Å². The number of hydrogen-bond donors (Lipinski definition) is 2. The van der Waals surface area contributed by atoms with Gasteiger partial charge in [0, 0.05) is 13.0 Å². The van der Waals surface area contributed by atoms with Gasteiger partial charge in [-0.05, 0) is 61.3 Å². The number of fused-ring (bicyclic) bond motifs is 1. The molecule has 0 spiro atoms. The van der Waals surface area contributed by atoms with E-state index < -0.39 is 10.0 Å². The van der Waals surface area contributed by atoms with E-state index in [9.17, 15) is 8.42 Å². The summed E-state index contributed by atoms with van der Waals surface area (Å²) in [5.41, 5.74) is 2.52. The lowest BCUT2D eigenvalue weighted by molar-refractivity contribution is -0.906. The predicted molar refractivity (Wildman–Crippen MR) is 92.2 cm³/mol. The zero-order chi connectivity index (χ0) is 16.3. The van der Waals surface area contributed by atoms with E-state index >= 15 is 0 Å². The Balaban J connectivity index is 1.47. The summed E-state index contributed by atoms with van der Waals surface area (Å²) in [6.45, 7) is 6.40. The van der Waals surface area contributed by atoms with Crippen LogP contribution in [0.3, 0.4) is 0 Å². The lowest BCUT2D eigenvalue weighted by Crippen LogP contribution is -3.13. The van der Waals surface area contributed by atoms with Gasteiger partial charge in [-0.15, -0.1) is 0 Å². The van der Waals surface area contributed by atoms with Gasteiger partial charge in [0.2, 0.25) is 10.0 Å². The average Bonchev–Trinajstić information content (AvgIpc) is 3.01. The molecule has 2 aliphatic rings. The highest BCUT2D eigenvalue weighted by Crippen LogP contribution is 2.24. The molecule has 0 unspecified atom stereocenters. The Morgan fingerprint density at radius 1 is 1.17 bits per heavy atom. The van der Waals surface area contributed by atoms with Crippen molar-refractivity contribution in [3.8, 4) is 0 Å². The van der Waals surface area contributed by atoms with E-state index in [-0.39, 0.29) is 0 Å². The maximum atomic E-state index is 12.4. The second kappa shape index (κ2) is 7.32. The third-order valence-electron chi connectivity index (χ3n) is 5.36. The largest absolute Gasteiger partial charge is 0.335 e. The molecule has 0 aromatic heterocycles. The van der Waals surface area contributed by atoms with Crippen molar-refractivity contribution in [3.05, 3.63) is 29.3 Å². The summed E-state index contributed by atoms with van der Waals surface area (Å²) in [5.74, 6) is 0.858. The first-order chi connectivity index (χ1) is 11.0. The van der Waals surface area contributed by atoms with Crippen LogP contribution in [0.4, 0.5) is 0 Å². The molecule has 1 aliphatic heterocycles. The molecule has 1 aromatic rings. The van der Waals surface area contributed by atoms with Crippen molar-refractivity contribution in [2.24, 2.45) is 5.92 Å². The molecule has 0 radical (unpaired) electrons. The minimum Gasteiger partial charge on any atom is -0.335 e. The van der Waals surface area contributed by atoms with Crippen molar-refractivity contribution in [1.29, 1.82) is 0 Å². The number of rotatable bonds is 6. The molecule has 0 bridgehead atoms. The third-order valence-corrected chi connectivity index (χ3v) is 6.82. The molecule has 0 saturated carbocycles.